The molecule has 6 nitrogen and oxygen atoms in total. The van der Waals surface area contributed by atoms with Crippen LogP contribution in [0.5, 0.6) is 0 Å². The molecule has 7 heteroatoms. The lowest BCUT2D eigenvalue weighted by Gasteiger charge is -2.22. The Bertz CT molecular complexity index is 542. The van der Waals surface area contributed by atoms with Crippen molar-refractivity contribution in [3.05, 3.63) is 22.4 Å². The minimum Gasteiger partial charge on any atom is -0.352 e. The number of carbonyl (C=O) groups excluding carboxylic acids is 3. The van der Waals surface area contributed by atoms with E-state index in [0.717, 1.165) is 6.42 Å². The third-order valence-electron chi connectivity index (χ3n) is 3.59. The van der Waals surface area contributed by atoms with E-state index in [1.807, 2.05) is 19.2 Å². The van der Waals surface area contributed by atoms with E-state index in [4.69, 9.17) is 0 Å². The summed E-state index contributed by atoms with van der Waals surface area (Å²) in [5, 5.41) is 10.2. The second kappa shape index (κ2) is 7.40. The van der Waals surface area contributed by atoms with Gasteiger partial charge >= 0.3 is 0 Å². The Labute approximate surface area is 133 Å². The molecule has 0 spiro atoms. The Morgan fingerprint density at radius 1 is 1.45 bits per heavy atom. The van der Waals surface area contributed by atoms with Crippen LogP contribution >= 0.6 is 11.3 Å². The summed E-state index contributed by atoms with van der Waals surface area (Å²) in [5.74, 6) is -0.466. The first-order valence-corrected chi connectivity index (χ1v) is 8.26. The van der Waals surface area contributed by atoms with Gasteiger partial charge < -0.3 is 16.0 Å². The summed E-state index contributed by atoms with van der Waals surface area (Å²) in [4.78, 5) is 36.1. The van der Waals surface area contributed by atoms with Gasteiger partial charge in [0.1, 0.15) is 6.04 Å². The molecular weight excluding hydrogens is 302 g/mol. The molecular formula is C15H21N3O3S. The Morgan fingerprint density at radius 2 is 2.23 bits per heavy atom. The number of amides is 3. The van der Waals surface area contributed by atoms with Crippen molar-refractivity contribution in [3.63, 3.8) is 0 Å². The number of nitrogens with one attached hydrogen (secondary N) is 3. The number of hydrogen-bond acceptors (Lipinski definition) is 4. The highest BCUT2D eigenvalue weighted by Crippen LogP contribution is 2.11. The zero-order chi connectivity index (χ0) is 16.1. The van der Waals surface area contributed by atoms with Gasteiger partial charge in [0.15, 0.2) is 0 Å². The normalized spacial score (nSPS) is 18.9. The van der Waals surface area contributed by atoms with Crippen LogP contribution in [-0.2, 0) is 9.59 Å². The van der Waals surface area contributed by atoms with Gasteiger partial charge in [0, 0.05) is 19.0 Å². The quantitative estimate of drug-likeness (QED) is 0.727. The van der Waals surface area contributed by atoms with Crippen molar-refractivity contribution in [2.75, 3.05) is 6.54 Å². The zero-order valence-electron chi connectivity index (χ0n) is 12.7. The molecule has 120 valence electrons. The van der Waals surface area contributed by atoms with E-state index in [2.05, 4.69) is 16.0 Å². The fraction of sp³-hybridized carbons (Fsp3) is 0.533. The fourth-order valence-electron chi connectivity index (χ4n) is 2.32. The van der Waals surface area contributed by atoms with Crippen molar-refractivity contribution in [3.8, 4) is 0 Å². The van der Waals surface area contributed by atoms with Gasteiger partial charge in [-0.25, -0.2) is 0 Å². The van der Waals surface area contributed by atoms with Crippen molar-refractivity contribution in [2.45, 2.75) is 38.8 Å². The monoisotopic (exact) mass is 323 g/mol. The molecule has 0 aliphatic carbocycles. The van der Waals surface area contributed by atoms with Crippen LogP contribution < -0.4 is 16.0 Å². The average molecular weight is 323 g/mol. The highest BCUT2D eigenvalue weighted by Gasteiger charge is 2.27. The second-order valence-corrected chi connectivity index (χ2v) is 6.67. The molecule has 1 aromatic heterocycles. The van der Waals surface area contributed by atoms with E-state index < -0.39 is 6.04 Å². The smallest absolute Gasteiger partial charge is 0.262 e. The van der Waals surface area contributed by atoms with Crippen molar-refractivity contribution in [2.24, 2.45) is 5.92 Å². The summed E-state index contributed by atoms with van der Waals surface area (Å²) in [6.45, 7) is 4.16. The van der Waals surface area contributed by atoms with E-state index in [-0.39, 0.29) is 29.7 Å². The standard InChI is InChI=1S/C15H21N3O3S/c1-9(2)13(18-14(20)11-4-3-7-22-11)15(21)16-8-10-5-6-12(19)17-10/h3-4,7,9-10,13H,5-6,8H2,1-2H3,(H,16,21)(H,17,19)(H,18,20). The molecule has 1 aliphatic rings. The van der Waals surface area contributed by atoms with E-state index in [9.17, 15) is 14.4 Å². The molecule has 1 aromatic rings. The molecule has 3 amide bonds. The lowest BCUT2D eigenvalue weighted by Crippen LogP contribution is -2.51. The summed E-state index contributed by atoms with van der Waals surface area (Å²) in [6.07, 6.45) is 1.23. The zero-order valence-corrected chi connectivity index (χ0v) is 13.5. The second-order valence-electron chi connectivity index (χ2n) is 5.72. The van der Waals surface area contributed by atoms with Crippen LogP contribution in [0.3, 0.4) is 0 Å². The number of hydrogen-bond donors (Lipinski definition) is 3. The third kappa shape index (κ3) is 4.30. The molecule has 1 fully saturated rings. The maximum absolute atomic E-state index is 12.3. The summed E-state index contributed by atoms with van der Waals surface area (Å²) in [6, 6.07) is 2.92. The number of carbonyl (C=O) groups is 3. The first-order chi connectivity index (χ1) is 10.5. The molecule has 3 N–H and O–H groups in total. The highest BCUT2D eigenvalue weighted by molar-refractivity contribution is 7.12. The first kappa shape index (κ1) is 16.5. The van der Waals surface area contributed by atoms with E-state index >= 15 is 0 Å². The van der Waals surface area contributed by atoms with Crippen LogP contribution in [0.4, 0.5) is 0 Å². The lowest BCUT2D eigenvalue weighted by atomic mass is 10.0. The third-order valence-corrected chi connectivity index (χ3v) is 4.46. The molecule has 1 aliphatic heterocycles. The van der Waals surface area contributed by atoms with Gasteiger partial charge in [0.25, 0.3) is 5.91 Å². The predicted molar refractivity (Wildman–Crippen MR) is 84.6 cm³/mol. The summed E-state index contributed by atoms with van der Waals surface area (Å²) in [5.41, 5.74) is 0. The highest BCUT2D eigenvalue weighted by atomic mass is 32.1. The van der Waals surface area contributed by atoms with Crippen LogP contribution in [0, 0.1) is 5.92 Å². The molecule has 1 saturated heterocycles. The summed E-state index contributed by atoms with van der Waals surface area (Å²) < 4.78 is 0. The molecule has 0 bridgehead atoms. The average Bonchev–Trinajstić information content (AvgIpc) is 3.13. The molecule has 2 heterocycles. The molecule has 0 radical (unpaired) electrons. The molecule has 22 heavy (non-hydrogen) atoms. The summed E-state index contributed by atoms with van der Waals surface area (Å²) >= 11 is 1.34. The van der Waals surface area contributed by atoms with Gasteiger partial charge in [-0.15, -0.1) is 11.3 Å². The van der Waals surface area contributed by atoms with Gasteiger partial charge in [-0.1, -0.05) is 19.9 Å². The Morgan fingerprint density at radius 3 is 2.77 bits per heavy atom. The Balaban J connectivity index is 1.88. The van der Waals surface area contributed by atoms with Gasteiger partial charge in [-0.3, -0.25) is 14.4 Å². The predicted octanol–water partition coefficient (Wildman–Crippen LogP) is 0.897. The lowest BCUT2D eigenvalue weighted by molar-refractivity contribution is -0.124. The molecule has 2 rings (SSSR count). The number of thiophene rings is 1. The van der Waals surface area contributed by atoms with Crippen molar-refractivity contribution in [1.29, 1.82) is 0 Å². The SMILES string of the molecule is CC(C)C(NC(=O)c1cccs1)C(=O)NCC1CCC(=O)N1. The Kier molecular flexibility index (Phi) is 5.54. The largest absolute Gasteiger partial charge is 0.352 e. The van der Waals surface area contributed by atoms with Crippen molar-refractivity contribution >= 4 is 29.1 Å². The van der Waals surface area contributed by atoms with Gasteiger partial charge in [0.05, 0.1) is 4.88 Å². The minimum atomic E-state index is -0.591. The van der Waals surface area contributed by atoms with Crippen LogP contribution in [0.1, 0.15) is 36.4 Å². The van der Waals surface area contributed by atoms with E-state index in [1.54, 1.807) is 12.1 Å². The maximum Gasteiger partial charge on any atom is 0.262 e. The first-order valence-electron chi connectivity index (χ1n) is 7.39. The van der Waals surface area contributed by atoms with Crippen LogP contribution in [-0.4, -0.2) is 36.3 Å². The van der Waals surface area contributed by atoms with E-state index in [1.165, 1.54) is 11.3 Å². The van der Waals surface area contributed by atoms with E-state index in [0.29, 0.717) is 17.8 Å². The van der Waals surface area contributed by atoms with Crippen LogP contribution in [0.2, 0.25) is 0 Å². The van der Waals surface area contributed by atoms with Gasteiger partial charge in [0.2, 0.25) is 11.8 Å². The molecule has 0 saturated carbocycles. The van der Waals surface area contributed by atoms with Crippen molar-refractivity contribution < 1.29 is 14.4 Å². The summed E-state index contributed by atoms with van der Waals surface area (Å²) in [7, 11) is 0. The molecule has 0 aromatic carbocycles. The van der Waals surface area contributed by atoms with Gasteiger partial charge in [-0.05, 0) is 23.8 Å². The minimum absolute atomic E-state index is 0.0164. The number of rotatable bonds is 6. The fourth-order valence-corrected chi connectivity index (χ4v) is 2.95. The van der Waals surface area contributed by atoms with Crippen LogP contribution in [0.25, 0.3) is 0 Å². The Hall–Kier alpha value is -1.89. The molecule has 2 atom stereocenters. The van der Waals surface area contributed by atoms with Gasteiger partial charge in [-0.2, -0.15) is 0 Å². The molecule has 2 unspecified atom stereocenters. The van der Waals surface area contributed by atoms with Crippen molar-refractivity contribution in [1.82, 2.24) is 16.0 Å². The van der Waals surface area contributed by atoms with Crippen LogP contribution in [0.15, 0.2) is 17.5 Å². The maximum atomic E-state index is 12.3. The topological polar surface area (TPSA) is 87.3 Å².